The highest BCUT2D eigenvalue weighted by molar-refractivity contribution is 7.99. The van der Waals surface area contributed by atoms with Crippen molar-refractivity contribution in [1.82, 2.24) is 9.97 Å². The van der Waals surface area contributed by atoms with Gasteiger partial charge in [-0.3, -0.25) is 14.9 Å². The number of rotatable bonds is 7. The van der Waals surface area contributed by atoms with E-state index in [2.05, 4.69) is 20.1 Å². The van der Waals surface area contributed by atoms with Crippen LogP contribution in [-0.2, 0) is 9.53 Å². The van der Waals surface area contributed by atoms with E-state index in [-0.39, 0.29) is 27.9 Å². The fourth-order valence-electron chi connectivity index (χ4n) is 1.89. The van der Waals surface area contributed by atoms with Crippen LogP contribution in [0.25, 0.3) is 0 Å². The molecule has 0 saturated heterocycles. The van der Waals surface area contributed by atoms with Crippen LogP contribution in [0.4, 0.5) is 11.5 Å². The van der Waals surface area contributed by atoms with Gasteiger partial charge in [0.05, 0.1) is 18.5 Å². The lowest BCUT2D eigenvalue weighted by atomic mass is 10.1. The molecule has 9 nitrogen and oxygen atoms in total. The molecule has 1 aliphatic carbocycles. The number of nitrogens with zero attached hydrogens (tertiary/aromatic N) is 3. The van der Waals surface area contributed by atoms with Gasteiger partial charge in [-0.05, 0) is 18.3 Å². The molecule has 0 aliphatic heterocycles. The van der Waals surface area contributed by atoms with Crippen LogP contribution in [0.1, 0.15) is 19.3 Å². The normalized spacial score (nSPS) is 15.3. The summed E-state index contributed by atoms with van der Waals surface area (Å²) in [6.07, 6.45) is 3.33. The van der Waals surface area contributed by atoms with Gasteiger partial charge >= 0.3 is 11.7 Å². The molecule has 0 bridgehead atoms. The second-order valence-electron chi connectivity index (χ2n) is 4.82. The number of nitrogens with two attached hydrogens (primary N) is 1. The molecule has 3 N–H and O–H groups in total. The lowest BCUT2D eigenvalue weighted by Gasteiger charge is -2.12. The predicted octanol–water partition coefficient (Wildman–Crippen LogP) is 1.11. The molecule has 0 radical (unpaired) electrons. The second kappa shape index (κ2) is 6.22. The van der Waals surface area contributed by atoms with Crippen molar-refractivity contribution >= 4 is 29.2 Å². The van der Waals surface area contributed by atoms with Gasteiger partial charge < -0.3 is 10.2 Å². The van der Waals surface area contributed by atoms with E-state index in [4.69, 9.17) is 5.84 Å². The lowest BCUT2D eigenvalue weighted by Crippen LogP contribution is -2.14. The number of ether oxygens (including phenoxy) is 1. The fourth-order valence-corrected chi connectivity index (χ4v) is 3.15. The molecule has 0 unspecified atom stereocenters. The average molecular weight is 313 g/mol. The Morgan fingerprint density at radius 2 is 2.33 bits per heavy atom. The Morgan fingerprint density at radius 3 is 2.86 bits per heavy atom. The molecule has 1 aliphatic rings. The number of nitrogens with one attached hydrogen (secondary N) is 1. The number of carbonyl (C=O) groups excluding carboxylic acids is 1. The highest BCUT2D eigenvalue weighted by Gasteiger charge is 2.45. The van der Waals surface area contributed by atoms with E-state index in [0.717, 1.165) is 12.8 Å². The SMILES string of the molecule is COC(=O)CC1(CSc2ncnc(NN)c2[N+](=O)[O-])CC1. The minimum Gasteiger partial charge on any atom is -0.469 e. The smallest absolute Gasteiger partial charge is 0.344 e. The number of anilines is 1. The minimum atomic E-state index is -0.572. The van der Waals surface area contributed by atoms with Gasteiger partial charge in [-0.2, -0.15) is 0 Å². The molecule has 0 aromatic carbocycles. The number of thioether (sulfide) groups is 1. The summed E-state index contributed by atoms with van der Waals surface area (Å²) < 4.78 is 4.67. The van der Waals surface area contributed by atoms with Gasteiger partial charge in [0.2, 0.25) is 5.82 Å². The van der Waals surface area contributed by atoms with Crippen molar-refractivity contribution in [3.8, 4) is 0 Å². The number of esters is 1. The Kier molecular flexibility index (Phi) is 4.58. The van der Waals surface area contributed by atoms with Gasteiger partial charge in [-0.15, -0.1) is 0 Å². The molecule has 1 aromatic heterocycles. The van der Waals surface area contributed by atoms with E-state index in [1.165, 1.54) is 25.2 Å². The van der Waals surface area contributed by atoms with E-state index < -0.39 is 4.92 Å². The van der Waals surface area contributed by atoms with Crippen LogP contribution >= 0.6 is 11.8 Å². The number of aromatic nitrogens is 2. The summed E-state index contributed by atoms with van der Waals surface area (Å²) in [6, 6.07) is 0. The molecule has 0 amide bonds. The maximum Gasteiger partial charge on any atom is 0.344 e. The first kappa shape index (κ1) is 15.4. The first-order chi connectivity index (χ1) is 10.0. The third-order valence-electron chi connectivity index (χ3n) is 3.33. The van der Waals surface area contributed by atoms with Crippen molar-refractivity contribution < 1.29 is 14.5 Å². The first-order valence-electron chi connectivity index (χ1n) is 6.17. The highest BCUT2D eigenvalue weighted by Crippen LogP contribution is 2.52. The number of methoxy groups -OCH3 is 1. The van der Waals surface area contributed by atoms with Crippen molar-refractivity contribution in [2.45, 2.75) is 24.3 Å². The number of nitro groups is 1. The van der Waals surface area contributed by atoms with E-state index in [0.29, 0.717) is 12.2 Å². The summed E-state index contributed by atoms with van der Waals surface area (Å²) in [5, 5.41) is 11.3. The van der Waals surface area contributed by atoms with E-state index in [1.807, 2.05) is 0 Å². The van der Waals surface area contributed by atoms with Crippen molar-refractivity contribution in [2.24, 2.45) is 11.3 Å². The Balaban J connectivity index is 2.10. The van der Waals surface area contributed by atoms with Crippen molar-refractivity contribution in [2.75, 3.05) is 18.3 Å². The third kappa shape index (κ3) is 3.58. The van der Waals surface area contributed by atoms with Crippen LogP contribution < -0.4 is 11.3 Å². The zero-order valence-corrected chi connectivity index (χ0v) is 12.2. The molecule has 1 fully saturated rings. The fraction of sp³-hybridized carbons (Fsp3) is 0.545. The maximum absolute atomic E-state index is 11.4. The third-order valence-corrected chi connectivity index (χ3v) is 4.66. The average Bonchev–Trinajstić information content (AvgIpc) is 3.24. The summed E-state index contributed by atoms with van der Waals surface area (Å²) in [7, 11) is 1.35. The van der Waals surface area contributed by atoms with Gasteiger partial charge in [0.1, 0.15) is 6.33 Å². The first-order valence-corrected chi connectivity index (χ1v) is 7.15. The van der Waals surface area contributed by atoms with Crippen LogP contribution in [0.15, 0.2) is 11.4 Å². The van der Waals surface area contributed by atoms with Gasteiger partial charge in [-0.25, -0.2) is 15.8 Å². The summed E-state index contributed by atoms with van der Waals surface area (Å²) in [4.78, 5) is 29.6. The summed E-state index contributed by atoms with van der Waals surface area (Å²) in [5.41, 5.74) is 1.79. The topological polar surface area (TPSA) is 133 Å². The molecule has 0 atom stereocenters. The number of nitrogen functional groups attached to an aromatic ring is 1. The number of hydrogen-bond donors (Lipinski definition) is 2. The van der Waals surface area contributed by atoms with Crippen LogP contribution in [0.2, 0.25) is 0 Å². The Bertz CT molecular complexity index is 564. The molecule has 1 heterocycles. The van der Waals surface area contributed by atoms with Crippen LogP contribution in [0.3, 0.4) is 0 Å². The van der Waals surface area contributed by atoms with Crippen molar-refractivity contribution in [1.29, 1.82) is 0 Å². The maximum atomic E-state index is 11.4. The second-order valence-corrected chi connectivity index (χ2v) is 5.78. The molecular weight excluding hydrogens is 298 g/mol. The van der Waals surface area contributed by atoms with Gasteiger partial charge in [0, 0.05) is 5.75 Å². The predicted molar refractivity (Wildman–Crippen MR) is 75.5 cm³/mol. The largest absolute Gasteiger partial charge is 0.469 e. The molecule has 1 aromatic rings. The summed E-state index contributed by atoms with van der Waals surface area (Å²) in [6.45, 7) is 0. The quantitative estimate of drug-likeness (QED) is 0.189. The lowest BCUT2D eigenvalue weighted by molar-refractivity contribution is -0.387. The summed E-state index contributed by atoms with van der Waals surface area (Å²) >= 11 is 1.23. The molecular formula is C11H15N5O4S. The summed E-state index contributed by atoms with van der Waals surface area (Å²) in [5.74, 6) is 5.48. The Labute approximate surface area is 124 Å². The van der Waals surface area contributed by atoms with E-state index in [9.17, 15) is 14.9 Å². The van der Waals surface area contributed by atoms with Gasteiger partial charge in [0.25, 0.3) is 0 Å². The van der Waals surface area contributed by atoms with Crippen LogP contribution in [-0.4, -0.2) is 33.7 Å². The van der Waals surface area contributed by atoms with Crippen molar-refractivity contribution in [3.63, 3.8) is 0 Å². The highest BCUT2D eigenvalue weighted by atomic mass is 32.2. The van der Waals surface area contributed by atoms with Gasteiger partial charge in [0.15, 0.2) is 5.03 Å². The van der Waals surface area contributed by atoms with E-state index >= 15 is 0 Å². The zero-order valence-electron chi connectivity index (χ0n) is 11.4. The molecule has 114 valence electrons. The van der Waals surface area contributed by atoms with Crippen molar-refractivity contribution in [3.05, 3.63) is 16.4 Å². The Hall–Kier alpha value is -1.94. The van der Waals surface area contributed by atoms with Crippen LogP contribution in [0.5, 0.6) is 0 Å². The standard InChI is InChI=1S/C11H15N5O4S/c1-20-7(17)4-11(2-3-11)5-21-10-8(16(18)19)9(15-12)13-6-14-10/h6H,2-5,12H2,1H3,(H,13,14,15). The molecule has 2 rings (SSSR count). The van der Waals surface area contributed by atoms with Crippen LogP contribution in [0, 0.1) is 15.5 Å². The number of hydrogen-bond acceptors (Lipinski definition) is 9. The Morgan fingerprint density at radius 1 is 1.62 bits per heavy atom. The molecule has 0 spiro atoms. The minimum absolute atomic E-state index is 0.0321. The molecule has 21 heavy (non-hydrogen) atoms. The molecule has 10 heteroatoms. The van der Waals surface area contributed by atoms with E-state index in [1.54, 1.807) is 0 Å². The van der Waals surface area contributed by atoms with Gasteiger partial charge in [-0.1, -0.05) is 11.8 Å². The molecule has 1 saturated carbocycles. The number of hydrazine groups is 1. The monoisotopic (exact) mass is 313 g/mol. The number of carbonyl (C=O) groups is 1. The zero-order chi connectivity index (χ0) is 15.5.